The van der Waals surface area contributed by atoms with Gasteiger partial charge in [0.05, 0.1) is 4.90 Å². The van der Waals surface area contributed by atoms with Gasteiger partial charge in [-0.25, -0.2) is 17.5 Å². The molecule has 1 aromatic rings. The molecule has 0 atom stereocenters. The lowest BCUT2D eigenvalue weighted by atomic mass is 10.1. The first-order valence-electron chi connectivity index (χ1n) is 6.46. The van der Waals surface area contributed by atoms with Crippen LogP contribution in [-0.4, -0.2) is 14.5 Å². The van der Waals surface area contributed by atoms with Gasteiger partial charge in [-0.3, -0.25) is 0 Å². The molecule has 19 heavy (non-hydrogen) atoms. The molecular weight excluding hydrogens is 333 g/mol. The summed E-state index contributed by atoms with van der Waals surface area (Å²) in [6, 6.07) is 3.61. The largest absolute Gasteiger partial charge is 0.241 e. The van der Waals surface area contributed by atoms with Gasteiger partial charge in [0, 0.05) is 10.5 Å². The molecule has 0 unspecified atom stereocenters. The minimum Gasteiger partial charge on any atom is -0.208 e. The third kappa shape index (κ3) is 4.00. The zero-order chi connectivity index (χ0) is 13.9. The zero-order valence-electron chi connectivity index (χ0n) is 10.5. The molecule has 0 heterocycles. The standard InChI is InChI=1S/C13H17BrFNO2S/c14-12-9-10(15)7-8-13(12)19(17,18)16-11-5-3-1-2-4-6-11/h7-9,11,16H,1-6H2. The molecule has 0 bridgehead atoms. The summed E-state index contributed by atoms with van der Waals surface area (Å²) in [5.41, 5.74) is 0. The molecule has 1 aliphatic carbocycles. The van der Waals surface area contributed by atoms with E-state index in [1.165, 1.54) is 25.0 Å². The Morgan fingerprint density at radius 3 is 2.37 bits per heavy atom. The number of halogens is 2. The molecule has 106 valence electrons. The predicted molar refractivity (Wildman–Crippen MR) is 75.9 cm³/mol. The molecule has 1 N–H and O–H groups in total. The fraction of sp³-hybridized carbons (Fsp3) is 0.538. The second kappa shape index (κ2) is 6.33. The quantitative estimate of drug-likeness (QED) is 0.847. The van der Waals surface area contributed by atoms with Gasteiger partial charge >= 0.3 is 0 Å². The number of hydrogen-bond donors (Lipinski definition) is 1. The van der Waals surface area contributed by atoms with Crippen LogP contribution in [0.15, 0.2) is 27.6 Å². The second-order valence-corrected chi connectivity index (χ2v) is 7.42. The summed E-state index contributed by atoms with van der Waals surface area (Å²) in [7, 11) is -3.59. The van der Waals surface area contributed by atoms with Gasteiger partial charge in [-0.15, -0.1) is 0 Å². The molecule has 0 radical (unpaired) electrons. The van der Waals surface area contributed by atoms with E-state index in [0.717, 1.165) is 31.7 Å². The van der Waals surface area contributed by atoms with Crippen molar-refractivity contribution in [2.24, 2.45) is 0 Å². The fourth-order valence-corrected chi connectivity index (χ4v) is 4.73. The van der Waals surface area contributed by atoms with Gasteiger partial charge in [-0.1, -0.05) is 25.7 Å². The van der Waals surface area contributed by atoms with Crippen molar-refractivity contribution >= 4 is 26.0 Å². The van der Waals surface area contributed by atoms with Gasteiger partial charge in [0.2, 0.25) is 10.0 Å². The maximum Gasteiger partial charge on any atom is 0.241 e. The summed E-state index contributed by atoms with van der Waals surface area (Å²) in [5.74, 6) is -0.458. The number of benzene rings is 1. The Bertz CT molecular complexity index is 540. The average Bonchev–Trinajstić information content (AvgIpc) is 2.56. The smallest absolute Gasteiger partial charge is 0.208 e. The van der Waals surface area contributed by atoms with Crippen molar-refractivity contribution in [1.29, 1.82) is 0 Å². The Morgan fingerprint density at radius 1 is 1.16 bits per heavy atom. The topological polar surface area (TPSA) is 46.2 Å². The van der Waals surface area contributed by atoms with E-state index < -0.39 is 15.8 Å². The fourth-order valence-electron chi connectivity index (χ4n) is 2.37. The summed E-state index contributed by atoms with van der Waals surface area (Å²) in [6.45, 7) is 0. The van der Waals surface area contributed by atoms with Crippen LogP contribution in [0.4, 0.5) is 4.39 Å². The highest BCUT2D eigenvalue weighted by Crippen LogP contribution is 2.24. The van der Waals surface area contributed by atoms with E-state index in [2.05, 4.69) is 20.7 Å². The maximum atomic E-state index is 13.0. The van der Waals surface area contributed by atoms with Crippen LogP contribution in [0.5, 0.6) is 0 Å². The van der Waals surface area contributed by atoms with Gasteiger partial charge in [0.1, 0.15) is 5.82 Å². The van der Waals surface area contributed by atoms with Crippen LogP contribution >= 0.6 is 15.9 Å². The molecule has 0 aromatic heterocycles. The van der Waals surface area contributed by atoms with Crippen LogP contribution in [0.2, 0.25) is 0 Å². The number of hydrogen-bond acceptors (Lipinski definition) is 2. The van der Waals surface area contributed by atoms with E-state index in [1.54, 1.807) is 0 Å². The van der Waals surface area contributed by atoms with Crippen molar-refractivity contribution in [3.63, 3.8) is 0 Å². The number of rotatable bonds is 3. The molecule has 0 saturated heterocycles. The van der Waals surface area contributed by atoms with E-state index in [0.29, 0.717) is 0 Å². The van der Waals surface area contributed by atoms with E-state index >= 15 is 0 Å². The molecule has 1 saturated carbocycles. The Kier molecular flexibility index (Phi) is 4.97. The summed E-state index contributed by atoms with van der Waals surface area (Å²) in [4.78, 5) is 0.0955. The normalized spacial score (nSPS) is 18.2. The van der Waals surface area contributed by atoms with E-state index in [9.17, 15) is 12.8 Å². The lowest BCUT2D eigenvalue weighted by Gasteiger charge is -2.17. The third-order valence-corrected chi connectivity index (χ3v) is 5.86. The number of nitrogens with one attached hydrogen (secondary N) is 1. The molecule has 1 aromatic carbocycles. The van der Waals surface area contributed by atoms with Crippen molar-refractivity contribution in [2.45, 2.75) is 49.5 Å². The van der Waals surface area contributed by atoms with Gasteiger partial charge < -0.3 is 0 Å². The second-order valence-electron chi connectivity index (χ2n) is 4.88. The molecule has 1 fully saturated rings. The van der Waals surface area contributed by atoms with Crippen LogP contribution in [0.25, 0.3) is 0 Å². The van der Waals surface area contributed by atoms with Crippen molar-refractivity contribution in [1.82, 2.24) is 4.72 Å². The number of sulfonamides is 1. The first-order valence-corrected chi connectivity index (χ1v) is 8.74. The van der Waals surface area contributed by atoms with E-state index in [1.807, 2.05) is 0 Å². The highest BCUT2D eigenvalue weighted by molar-refractivity contribution is 9.10. The Morgan fingerprint density at radius 2 is 1.79 bits per heavy atom. The first kappa shape index (κ1) is 14.9. The molecule has 0 aliphatic heterocycles. The summed E-state index contributed by atoms with van der Waals surface area (Å²) in [5, 5.41) is 0. The summed E-state index contributed by atoms with van der Waals surface area (Å²) < 4.78 is 40.6. The van der Waals surface area contributed by atoms with Crippen molar-refractivity contribution in [3.8, 4) is 0 Å². The molecule has 0 amide bonds. The lowest BCUT2D eigenvalue weighted by molar-refractivity contribution is 0.509. The van der Waals surface area contributed by atoms with Crippen LogP contribution < -0.4 is 4.72 Å². The Hall–Kier alpha value is -0.460. The van der Waals surface area contributed by atoms with Crippen LogP contribution in [0.3, 0.4) is 0 Å². The van der Waals surface area contributed by atoms with Gasteiger partial charge in [0.15, 0.2) is 0 Å². The van der Waals surface area contributed by atoms with Gasteiger partial charge in [0.25, 0.3) is 0 Å². The van der Waals surface area contributed by atoms with Crippen LogP contribution in [-0.2, 0) is 10.0 Å². The van der Waals surface area contributed by atoms with Gasteiger partial charge in [-0.2, -0.15) is 0 Å². The van der Waals surface area contributed by atoms with E-state index in [4.69, 9.17) is 0 Å². The van der Waals surface area contributed by atoms with Crippen molar-refractivity contribution in [2.75, 3.05) is 0 Å². The summed E-state index contributed by atoms with van der Waals surface area (Å²) in [6.07, 6.45) is 6.18. The van der Waals surface area contributed by atoms with Crippen molar-refractivity contribution in [3.05, 3.63) is 28.5 Å². The van der Waals surface area contributed by atoms with Gasteiger partial charge in [-0.05, 0) is 47.0 Å². The average molecular weight is 350 g/mol. The lowest BCUT2D eigenvalue weighted by Crippen LogP contribution is -2.34. The van der Waals surface area contributed by atoms with Crippen molar-refractivity contribution < 1.29 is 12.8 Å². The minimum absolute atomic E-state index is 0.00977. The highest BCUT2D eigenvalue weighted by Gasteiger charge is 2.23. The monoisotopic (exact) mass is 349 g/mol. The van der Waals surface area contributed by atoms with Crippen LogP contribution in [0.1, 0.15) is 38.5 Å². The SMILES string of the molecule is O=S(=O)(NC1CCCCCC1)c1ccc(F)cc1Br. The third-order valence-electron chi connectivity index (χ3n) is 3.36. The molecule has 0 spiro atoms. The van der Waals surface area contributed by atoms with Crippen LogP contribution in [0, 0.1) is 5.82 Å². The summed E-state index contributed by atoms with van der Waals surface area (Å²) >= 11 is 3.10. The molecular formula is C13H17BrFNO2S. The minimum atomic E-state index is -3.59. The van der Waals surface area contributed by atoms with E-state index in [-0.39, 0.29) is 15.4 Å². The maximum absolute atomic E-state index is 13.0. The molecule has 6 heteroatoms. The first-order chi connectivity index (χ1) is 8.99. The molecule has 1 aliphatic rings. The predicted octanol–water partition coefficient (Wildman–Crippen LogP) is 3.59. The highest BCUT2D eigenvalue weighted by atomic mass is 79.9. The zero-order valence-corrected chi connectivity index (χ0v) is 12.9. The Labute approximate surface area is 121 Å². The molecule has 2 rings (SSSR count). The molecule has 3 nitrogen and oxygen atoms in total. The Balaban J connectivity index is 2.17.